The molecular formula is C23H16BrNO3. The maximum atomic E-state index is 13.3. The summed E-state index contributed by atoms with van der Waals surface area (Å²) in [5.74, 6) is 0.812. The van der Waals surface area contributed by atoms with Gasteiger partial charge in [-0.2, -0.15) is 0 Å². The van der Waals surface area contributed by atoms with Gasteiger partial charge in [0.25, 0.3) is 0 Å². The Labute approximate surface area is 170 Å². The molecule has 0 N–H and O–H groups in total. The van der Waals surface area contributed by atoms with Crippen molar-refractivity contribution in [3.05, 3.63) is 94.3 Å². The Kier molecular flexibility index (Phi) is 5.08. The number of carbonyl (C=O) groups excluding carboxylic acids is 1. The van der Waals surface area contributed by atoms with Gasteiger partial charge in [0.15, 0.2) is 11.4 Å². The normalized spacial score (nSPS) is 11.6. The predicted octanol–water partition coefficient (Wildman–Crippen LogP) is 6.02. The summed E-state index contributed by atoms with van der Waals surface area (Å²) >= 11 is 3.47. The van der Waals surface area contributed by atoms with Gasteiger partial charge in [-0.25, -0.2) is 4.98 Å². The molecule has 0 saturated heterocycles. The van der Waals surface area contributed by atoms with Crippen LogP contribution in [0.25, 0.3) is 22.7 Å². The lowest BCUT2D eigenvalue weighted by Crippen LogP contribution is -2.03. The summed E-state index contributed by atoms with van der Waals surface area (Å²) in [7, 11) is 1.59. The van der Waals surface area contributed by atoms with E-state index in [2.05, 4.69) is 20.9 Å². The van der Waals surface area contributed by atoms with E-state index < -0.39 is 0 Å². The molecule has 0 atom stereocenters. The summed E-state index contributed by atoms with van der Waals surface area (Å²) in [5, 5.41) is 0. The first-order chi connectivity index (χ1) is 13.6. The second-order valence-corrected chi connectivity index (χ2v) is 7.07. The zero-order valence-corrected chi connectivity index (χ0v) is 16.6. The highest BCUT2D eigenvalue weighted by atomic mass is 79.9. The Bertz CT molecular complexity index is 1140. The average molecular weight is 434 g/mol. The number of allylic oxidation sites excluding steroid dienone is 1. The first-order valence-electron chi connectivity index (χ1n) is 8.66. The van der Waals surface area contributed by atoms with Gasteiger partial charge >= 0.3 is 0 Å². The third-order valence-corrected chi connectivity index (χ3v) is 4.77. The number of ketones is 1. The first kappa shape index (κ1) is 18.2. The van der Waals surface area contributed by atoms with Crippen LogP contribution in [0, 0.1) is 0 Å². The maximum absolute atomic E-state index is 13.3. The summed E-state index contributed by atoms with van der Waals surface area (Å²) in [6, 6.07) is 22.1. The number of oxazole rings is 1. The number of nitrogens with zero attached hydrogens (tertiary/aromatic N) is 1. The molecule has 0 radical (unpaired) electrons. The SMILES string of the molecule is COc1ccc(C(=O)/C(=C\c2cccc(Br)c2)c2nc3ccccc3o2)cc1. The van der Waals surface area contributed by atoms with Crippen LogP contribution in [0.15, 0.2) is 81.7 Å². The Hall–Kier alpha value is -3.18. The third kappa shape index (κ3) is 3.75. The lowest BCUT2D eigenvalue weighted by molar-refractivity contribution is 0.105. The van der Waals surface area contributed by atoms with Crippen molar-refractivity contribution in [2.24, 2.45) is 0 Å². The van der Waals surface area contributed by atoms with Gasteiger partial charge in [-0.1, -0.05) is 40.2 Å². The molecule has 0 bridgehead atoms. The van der Waals surface area contributed by atoms with Crippen molar-refractivity contribution in [2.75, 3.05) is 7.11 Å². The molecule has 0 amide bonds. The van der Waals surface area contributed by atoms with E-state index in [9.17, 15) is 4.79 Å². The van der Waals surface area contributed by atoms with Gasteiger partial charge in [0.2, 0.25) is 5.89 Å². The van der Waals surface area contributed by atoms with Crippen LogP contribution in [-0.2, 0) is 0 Å². The van der Waals surface area contributed by atoms with Crippen molar-refractivity contribution in [3.8, 4) is 5.75 Å². The van der Waals surface area contributed by atoms with Crippen LogP contribution in [0.5, 0.6) is 5.75 Å². The summed E-state index contributed by atoms with van der Waals surface area (Å²) in [6.45, 7) is 0. The smallest absolute Gasteiger partial charge is 0.231 e. The number of halogens is 1. The number of hydrogen-bond acceptors (Lipinski definition) is 4. The van der Waals surface area contributed by atoms with Gasteiger partial charge in [-0.3, -0.25) is 4.79 Å². The number of hydrogen-bond donors (Lipinski definition) is 0. The molecule has 0 aliphatic rings. The van der Waals surface area contributed by atoms with Crippen molar-refractivity contribution in [1.82, 2.24) is 4.98 Å². The Morgan fingerprint density at radius 2 is 1.82 bits per heavy atom. The molecular weight excluding hydrogens is 418 g/mol. The number of carbonyl (C=O) groups is 1. The number of rotatable bonds is 5. The number of para-hydroxylation sites is 2. The van der Waals surface area contributed by atoms with Gasteiger partial charge in [-0.05, 0) is 60.2 Å². The number of Topliss-reactive ketones (excluding diaryl/α,β-unsaturated/α-hetero) is 1. The molecule has 0 spiro atoms. The van der Waals surface area contributed by atoms with Gasteiger partial charge < -0.3 is 9.15 Å². The van der Waals surface area contributed by atoms with Crippen molar-refractivity contribution in [3.63, 3.8) is 0 Å². The topological polar surface area (TPSA) is 52.3 Å². The lowest BCUT2D eigenvalue weighted by atomic mass is 10.0. The molecule has 0 fully saturated rings. The molecule has 0 aliphatic carbocycles. The minimum atomic E-state index is -0.172. The first-order valence-corrected chi connectivity index (χ1v) is 9.45. The van der Waals surface area contributed by atoms with E-state index in [0.29, 0.717) is 33.9 Å². The van der Waals surface area contributed by atoms with Gasteiger partial charge in [0, 0.05) is 10.0 Å². The Morgan fingerprint density at radius 3 is 2.54 bits per heavy atom. The summed E-state index contributed by atoms with van der Waals surface area (Å²) in [5.41, 5.74) is 3.14. The van der Waals surface area contributed by atoms with E-state index in [1.807, 2.05) is 48.5 Å². The number of methoxy groups -OCH3 is 1. The molecule has 5 heteroatoms. The van der Waals surface area contributed by atoms with Crippen molar-refractivity contribution >= 4 is 44.5 Å². The van der Waals surface area contributed by atoms with Crippen molar-refractivity contribution in [2.45, 2.75) is 0 Å². The fourth-order valence-corrected chi connectivity index (χ4v) is 3.29. The molecule has 28 heavy (non-hydrogen) atoms. The van der Waals surface area contributed by atoms with Crippen LogP contribution < -0.4 is 4.74 Å². The standard InChI is InChI=1S/C23H16BrNO3/c1-27-18-11-9-16(10-12-18)22(26)19(14-15-5-4-6-17(24)13-15)23-25-20-7-2-3-8-21(20)28-23/h2-14H,1H3/b19-14+. The molecule has 4 aromatic rings. The molecule has 1 aromatic heterocycles. The molecule has 138 valence electrons. The number of fused-ring (bicyclic) bond motifs is 1. The summed E-state index contributed by atoms with van der Waals surface area (Å²) < 4.78 is 12.0. The minimum Gasteiger partial charge on any atom is -0.497 e. The van der Waals surface area contributed by atoms with Crippen LogP contribution in [-0.4, -0.2) is 17.9 Å². The molecule has 1 heterocycles. The molecule has 0 aliphatic heterocycles. The van der Waals surface area contributed by atoms with E-state index in [-0.39, 0.29) is 5.78 Å². The van der Waals surface area contributed by atoms with Crippen molar-refractivity contribution < 1.29 is 13.9 Å². The monoisotopic (exact) mass is 433 g/mol. The number of aromatic nitrogens is 1. The lowest BCUT2D eigenvalue weighted by Gasteiger charge is -2.06. The molecule has 4 nitrogen and oxygen atoms in total. The molecule has 0 unspecified atom stereocenters. The highest BCUT2D eigenvalue weighted by Gasteiger charge is 2.20. The van der Waals surface area contributed by atoms with E-state index >= 15 is 0 Å². The van der Waals surface area contributed by atoms with E-state index in [1.165, 1.54) is 0 Å². The van der Waals surface area contributed by atoms with Gasteiger partial charge in [-0.15, -0.1) is 0 Å². The largest absolute Gasteiger partial charge is 0.497 e. The van der Waals surface area contributed by atoms with E-state index in [0.717, 1.165) is 10.0 Å². The highest BCUT2D eigenvalue weighted by molar-refractivity contribution is 9.10. The van der Waals surface area contributed by atoms with Gasteiger partial charge in [0.1, 0.15) is 11.3 Å². The predicted molar refractivity (Wildman–Crippen MR) is 113 cm³/mol. The number of ether oxygens (including phenoxy) is 1. The van der Waals surface area contributed by atoms with Crippen molar-refractivity contribution in [1.29, 1.82) is 0 Å². The fraction of sp³-hybridized carbons (Fsp3) is 0.0435. The Balaban J connectivity index is 1.83. The van der Waals surface area contributed by atoms with E-state index in [4.69, 9.17) is 9.15 Å². The second kappa shape index (κ2) is 7.82. The zero-order chi connectivity index (χ0) is 19.5. The van der Waals surface area contributed by atoms with E-state index in [1.54, 1.807) is 37.5 Å². The third-order valence-electron chi connectivity index (χ3n) is 4.28. The molecule has 4 rings (SSSR count). The molecule has 0 saturated carbocycles. The highest BCUT2D eigenvalue weighted by Crippen LogP contribution is 2.27. The van der Waals surface area contributed by atoms with Crippen LogP contribution in [0.4, 0.5) is 0 Å². The van der Waals surface area contributed by atoms with Gasteiger partial charge in [0.05, 0.1) is 12.7 Å². The summed E-state index contributed by atoms with van der Waals surface area (Å²) in [4.78, 5) is 17.8. The number of benzene rings is 3. The molecule has 3 aromatic carbocycles. The van der Waals surface area contributed by atoms with Crippen LogP contribution in [0.3, 0.4) is 0 Å². The van der Waals surface area contributed by atoms with Crippen LogP contribution in [0.1, 0.15) is 21.8 Å². The quantitative estimate of drug-likeness (QED) is 0.285. The summed E-state index contributed by atoms with van der Waals surface area (Å²) in [6.07, 6.45) is 1.79. The average Bonchev–Trinajstić information content (AvgIpc) is 3.15. The Morgan fingerprint density at radius 1 is 1.04 bits per heavy atom. The fourth-order valence-electron chi connectivity index (χ4n) is 2.87. The maximum Gasteiger partial charge on any atom is 0.231 e. The second-order valence-electron chi connectivity index (χ2n) is 6.16. The zero-order valence-electron chi connectivity index (χ0n) is 15.1. The minimum absolute atomic E-state index is 0.172. The van der Waals surface area contributed by atoms with Crippen LogP contribution >= 0.6 is 15.9 Å². The van der Waals surface area contributed by atoms with Crippen LogP contribution in [0.2, 0.25) is 0 Å².